The lowest BCUT2D eigenvalue weighted by Crippen LogP contribution is -2.43. The summed E-state index contributed by atoms with van der Waals surface area (Å²) in [5, 5.41) is 3.92. The minimum atomic E-state index is -0.307. The molecule has 0 bridgehead atoms. The second kappa shape index (κ2) is 6.96. The zero-order valence-corrected chi connectivity index (χ0v) is 14.5. The Morgan fingerprint density at radius 1 is 1.28 bits per heavy atom. The highest BCUT2D eigenvalue weighted by Crippen LogP contribution is 2.24. The van der Waals surface area contributed by atoms with Gasteiger partial charge in [0, 0.05) is 13.5 Å². The first-order chi connectivity index (χ1) is 12.2. The molecule has 1 aromatic carbocycles. The summed E-state index contributed by atoms with van der Waals surface area (Å²) in [7, 11) is 0. The van der Waals surface area contributed by atoms with Crippen LogP contribution in [0.2, 0.25) is 0 Å². The molecule has 0 N–H and O–H groups in total. The molecular weight excluding hydrogens is 318 g/mol. The Hall–Kier alpha value is -2.21. The number of ether oxygens (including phenoxy) is 1. The maximum atomic E-state index is 12.7. The van der Waals surface area contributed by atoms with Crippen molar-refractivity contribution in [2.45, 2.75) is 45.1 Å². The molecule has 1 saturated heterocycles. The molecule has 2 aromatic rings. The number of carbonyl (C=O) groups excluding carboxylic acids is 1. The second-order valence-corrected chi connectivity index (χ2v) is 6.86. The van der Waals surface area contributed by atoms with Gasteiger partial charge in [-0.1, -0.05) is 23.4 Å². The Balaban J connectivity index is 1.42. The minimum absolute atomic E-state index is 0.129. The van der Waals surface area contributed by atoms with Crippen LogP contribution in [-0.2, 0) is 28.8 Å². The summed E-state index contributed by atoms with van der Waals surface area (Å²) in [5.74, 6) is 1.16. The lowest BCUT2D eigenvalue weighted by atomic mass is 9.90. The van der Waals surface area contributed by atoms with Crippen LogP contribution in [0.3, 0.4) is 0 Å². The fourth-order valence-corrected chi connectivity index (χ4v) is 3.66. The molecule has 1 aromatic heterocycles. The number of morpholine rings is 1. The number of rotatable bonds is 3. The Morgan fingerprint density at radius 3 is 2.92 bits per heavy atom. The number of hydrogen-bond donors (Lipinski definition) is 0. The van der Waals surface area contributed by atoms with Gasteiger partial charge < -0.3 is 14.2 Å². The molecule has 6 heteroatoms. The largest absolute Gasteiger partial charge is 0.366 e. The average molecular weight is 341 g/mol. The average Bonchev–Trinajstić information content (AvgIpc) is 3.08. The third kappa shape index (κ3) is 3.58. The van der Waals surface area contributed by atoms with Crippen LogP contribution in [0.1, 0.15) is 47.4 Å². The van der Waals surface area contributed by atoms with E-state index in [1.807, 2.05) is 4.90 Å². The Kier molecular flexibility index (Phi) is 4.53. The van der Waals surface area contributed by atoms with Crippen molar-refractivity contribution in [1.82, 2.24) is 15.0 Å². The number of aromatic nitrogens is 2. The number of fused-ring (bicyclic) bond motifs is 1. The number of carbonyl (C=O) groups is 1. The highest BCUT2D eigenvalue weighted by atomic mass is 16.5. The fourth-order valence-electron chi connectivity index (χ4n) is 3.66. The van der Waals surface area contributed by atoms with Crippen LogP contribution in [0.25, 0.3) is 0 Å². The van der Waals surface area contributed by atoms with Crippen LogP contribution < -0.4 is 0 Å². The van der Waals surface area contributed by atoms with E-state index in [-0.39, 0.29) is 12.0 Å². The van der Waals surface area contributed by atoms with E-state index in [0.717, 1.165) is 12.0 Å². The van der Waals surface area contributed by atoms with Crippen LogP contribution in [0.15, 0.2) is 22.7 Å². The number of hydrogen-bond acceptors (Lipinski definition) is 5. The van der Waals surface area contributed by atoms with Crippen molar-refractivity contribution in [3.05, 3.63) is 46.6 Å². The molecule has 1 aliphatic carbocycles. The van der Waals surface area contributed by atoms with Crippen molar-refractivity contribution in [2.75, 3.05) is 19.7 Å². The maximum Gasteiger partial charge on any atom is 0.227 e. The second-order valence-electron chi connectivity index (χ2n) is 6.86. The van der Waals surface area contributed by atoms with Crippen LogP contribution in [0.5, 0.6) is 0 Å². The van der Waals surface area contributed by atoms with Gasteiger partial charge in [0.2, 0.25) is 17.6 Å². The zero-order chi connectivity index (χ0) is 17.2. The lowest BCUT2D eigenvalue weighted by Gasteiger charge is -2.31. The first kappa shape index (κ1) is 16.3. The van der Waals surface area contributed by atoms with Gasteiger partial charge in [-0.3, -0.25) is 4.79 Å². The van der Waals surface area contributed by atoms with Gasteiger partial charge in [0.25, 0.3) is 0 Å². The molecule has 0 saturated carbocycles. The first-order valence-corrected chi connectivity index (χ1v) is 8.99. The van der Waals surface area contributed by atoms with Crippen LogP contribution >= 0.6 is 0 Å². The SMILES string of the molecule is Cc1nc([C@@H]2CN(C(=O)Cc3ccc4c(c3)CCCC4)CCO2)no1. The van der Waals surface area contributed by atoms with Crippen molar-refractivity contribution < 1.29 is 14.1 Å². The van der Waals surface area contributed by atoms with E-state index in [0.29, 0.717) is 37.8 Å². The highest BCUT2D eigenvalue weighted by Gasteiger charge is 2.28. The van der Waals surface area contributed by atoms with Crippen molar-refractivity contribution in [3.8, 4) is 0 Å². The molecule has 1 atom stereocenters. The van der Waals surface area contributed by atoms with Gasteiger partial charge in [0.1, 0.15) is 6.10 Å². The van der Waals surface area contributed by atoms with E-state index in [1.54, 1.807) is 6.92 Å². The molecule has 2 heterocycles. The van der Waals surface area contributed by atoms with Crippen LogP contribution in [0, 0.1) is 6.92 Å². The predicted molar refractivity (Wildman–Crippen MR) is 91.1 cm³/mol. The van der Waals surface area contributed by atoms with E-state index in [4.69, 9.17) is 9.26 Å². The Bertz CT molecular complexity index is 771. The summed E-state index contributed by atoms with van der Waals surface area (Å²) in [4.78, 5) is 18.8. The molecule has 1 amide bonds. The molecular formula is C19H23N3O3. The van der Waals surface area contributed by atoms with Gasteiger partial charge >= 0.3 is 0 Å². The standard InChI is InChI=1S/C19H23N3O3/c1-13-20-19(21-25-13)17-12-22(8-9-24-17)18(23)11-14-6-7-15-4-2-3-5-16(15)10-14/h6-7,10,17H,2-5,8-9,11-12H2,1H3/t17-/m0/s1. The summed E-state index contributed by atoms with van der Waals surface area (Å²) in [6.45, 7) is 3.33. The monoisotopic (exact) mass is 341 g/mol. The summed E-state index contributed by atoms with van der Waals surface area (Å²) in [5.41, 5.74) is 3.96. The predicted octanol–water partition coefficient (Wildman–Crippen LogP) is 2.40. The Labute approximate surface area is 147 Å². The molecule has 0 unspecified atom stereocenters. The van der Waals surface area contributed by atoms with Crippen LogP contribution in [-0.4, -0.2) is 40.6 Å². The third-order valence-corrected chi connectivity index (χ3v) is 5.02. The van der Waals surface area contributed by atoms with Gasteiger partial charge in [-0.15, -0.1) is 0 Å². The summed E-state index contributed by atoms with van der Waals surface area (Å²) in [6, 6.07) is 6.51. The quantitative estimate of drug-likeness (QED) is 0.857. The van der Waals surface area contributed by atoms with E-state index in [1.165, 1.54) is 30.4 Å². The van der Waals surface area contributed by atoms with E-state index >= 15 is 0 Å². The van der Waals surface area contributed by atoms with E-state index in [2.05, 4.69) is 28.3 Å². The lowest BCUT2D eigenvalue weighted by molar-refractivity contribution is -0.138. The number of amides is 1. The maximum absolute atomic E-state index is 12.7. The zero-order valence-electron chi connectivity index (χ0n) is 14.5. The molecule has 4 rings (SSSR count). The van der Waals surface area contributed by atoms with E-state index in [9.17, 15) is 4.79 Å². The molecule has 0 spiro atoms. The molecule has 6 nitrogen and oxygen atoms in total. The first-order valence-electron chi connectivity index (χ1n) is 8.99. The number of nitrogens with zero attached hydrogens (tertiary/aromatic N) is 3. The number of benzene rings is 1. The van der Waals surface area contributed by atoms with Gasteiger partial charge in [0.15, 0.2) is 0 Å². The summed E-state index contributed by atoms with van der Waals surface area (Å²) in [6.07, 6.45) is 4.95. The van der Waals surface area contributed by atoms with Crippen LogP contribution in [0.4, 0.5) is 0 Å². The summed E-state index contributed by atoms with van der Waals surface area (Å²) < 4.78 is 10.7. The van der Waals surface area contributed by atoms with Gasteiger partial charge in [-0.05, 0) is 42.4 Å². The van der Waals surface area contributed by atoms with Gasteiger partial charge in [-0.25, -0.2) is 0 Å². The summed E-state index contributed by atoms with van der Waals surface area (Å²) >= 11 is 0. The minimum Gasteiger partial charge on any atom is -0.366 e. The molecule has 0 radical (unpaired) electrons. The molecule has 1 aliphatic heterocycles. The van der Waals surface area contributed by atoms with Crippen molar-refractivity contribution in [2.24, 2.45) is 0 Å². The van der Waals surface area contributed by atoms with Crippen molar-refractivity contribution in [3.63, 3.8) is 0 Å². The molecule has 1 fully saturated rings. The molecule has 25 heavy (non-hydrogen) atoms. The smallest absolute Gasteiger partial charge is 0.227 e. The number of aryl methyl sites for hydroxylation is 3. The van der Waals surface area contributed by atoms with Gasteiger partial charge in [0.05, 0.1) is 19.6 Å². The topological polar surface area (TPSA) is 68.5 Å². The van der Waals surface area contributed by atoms with E-state index < -0.39 is 0 Å². The normalized spacial score (nSPS) is 20.4. The van der Waals surface area contributed by atoms with Crippen molar-refractivity contribution >= 4 is 5.91 Å². The Morgan fingerprint density at radius 2 is 2.12 bits per heavy atom. The van der Waals surface area contributed by atoms with Crippen molar-refractivity contribution in [1.29, 1.82) is 0 Å². The third-order valence-electron chi connectivity index (χ3n) is 5.02. The molecule has 2 aliphatic rings. The molecule has 132 valence electrons. The van der Waals surface area contributed by atoms with Gasteiger partial charge in [-0.2, -0.15) is 4.98 Å². The fraction of sp³-hybridized carbons (Fsp3) is 0.526. The highest BCUT2D eigenvalue weighted by molar-refractivity contribution is 5.79.